The summed E-state index contributed by atoms with van der Waals surface area (Å²) in [6.07, 6.45) is 0. The molecule has 2 aromatic carbocycles. The van der Waals surface area contributed by atoms with Crippen molar-refractivity contribution >= 4 is 28.9 Å². The zero-order chi connectivity index (χ0) is 29.6. The lowest BCUT2D eigenvalue weighted by atomic mass is 9.70. The van der Waals surface area contributed by atoms with Gasteiger partial charge in [0.15, 0.2) is 28.9 Å². The maximum Gasteiger partial charge on any atom is 0.193 e. The van der Waals surface area contributed by atoms with Crippen molar-refractivity contribution in [2.75, 3.05) is 0 Å². The van der Waals surface area contributed by atoms with Gasteiger partial charge in [-0.25, -0.2) is 0 Å². The summed E-state index contributed by atoms with van der Waals surface area (Å²) < 4.78 is 0. The van der Waals surface area contributed by atoms with Gasteiger partial charge in [0, 0.05) is 55.0 Å². The SMILES string of the molecule is CC(C)(C)C(=O)c1cc(C(=O)c2ccccc2)c(C(=O)C(C)(C)C)c(C(=O)C(C)(C)C)c1C(=O)C(C)(C)C. The lowest BCUT2D eigenvalue weighted by Crippen LogP contribution is -2.35. The molecule has 0 fully saturated rings. The normalized spacial score (nSPS) is 12.7. The number of rotatable bonds is 6. The summed E-state index contributed by atoms with van der Waals surface area (Å²) in [6, 6.07) is 9.81. The van der Waals surface area contributed by atoms with Crippen LogP contribution in [0.15, 0.2) is 36.4 Å². The Hall–Kier alpha value is -3.21. The largest absolute Gasteiger partial charge is 0.294 e. The first-order chi connectivity index (χ1) is 17.0. The van der Waals surface area contributed by atoms with Crippen LogP contribution in [-0.2, 0) is 0 Å². The van der Waals surface area contributed by atoms with Crippen LogP contribution in [0.2, 0.25) is 0 Å². The fourth-order valence-electron chi connectivity index (χ4n) is 4.01. The number of carbonyl (C=O) groups excluding carboxylic acids is 5. The van der Waals surface area contributed by atoms with E-state index >= 15 is 0 Å². The van der Waals surface area contributed by atoms with E-state index in [4.69, 9.17) is 0 Å². The summed E-state index contributed by atoms with van der Waals surface area (Å²) in [6.45, 7) is 20.5. The van der Waals surface area contributed by atoms with Crippen molar-refractivity contribution in [3.05, 3.63) is 69.8 Å². The number of carbonyl (C=O) groups is 5. The van der Waals surface area contributed by atoms with Crippen LogP contribution in [0.3, 0.4) is 0 Å². The highest BCUT2D eigenvalue weighted by molar-refractivity contribution is 6.27. The van der Waals surface area contributed by atoms with E-state index in [-0.39, 0.29) is 33.6 Å². The Morgan fingerprint density at radius 3 is 1.16 bits per heavy atom. The molecule has 0 saturated heterocycles. The van der Waals surface area contributed by atoms with Gasteiger partial charge in [0.25, 0.3) is 0 Å². The quantitative estimate of drug-likeness (QED) is 0.364. The summed E-state index contributed by atoms with van der Waals surface area (Å²) in [7, 11) is 0. The van der Waals surface area contributed by atoms with Crippen LogP contribution in [0.1, 0.15) is 140 Å². The molecule has 0 aliphatic rings. The molecule has 0 unspecified atom stereocenters. The minimum absolute atomic E-state index is 0.00485. The minimum Gasteiger partial charge on any atom is -0.294 e. The summed E-state index contributed by atoms with van der Waals surface area (Å²) in [5.74, 6) is -2.21. The van der Waals surface area contributed by atoms with Gasteiger partial charge in [0.1, 0.15) is 0 Å². The number of hydrogen-bond donors (Lipinski definition) is 0. The van der Waals surface area contributed by atoms with Gasteiger partial charge < -0.3 is 0 Å². The Bertz CT molecular complexity index is 1300. The van der Waals surface area contributed by atoms with Gasteiger partial charge in [-0.05, 0) is 6.07 Å². The zero-order valence-corrected chi connectivity index (χ0v) is 25.0. The van der Waals surface area contributed by atoms with Crippen LogP contribution >= 0.6 is 0 Å². The summed E-state index contributed by atoms with van der Waals surface area (Å²) in [5.41, 5.74) is -3.90. The molecule has 0 heterocycles. The van der Waals surface area contributed by atoms with Crippen LogP contribution in [0.4, 0.5) is 0 Å². The number of ketones is 5. The summed E-state index contributed by atoms with van der Waals surface area (Å²) in [5, 5.41) is 0. The Labute approximate surface area is 227 Å². The predicted octanol–water partition coefficient (Wildman–Crippen LogP) is 7.83. The van der Waals surface area contributed by atoms with Crippen LogP contribution in [0.5, 0.6) is 0 Å². The molecular weight excluding hydrogens is 476 g/mol. The molecule has 204 valence electrons. The third kappa shape index (κ3) is 6.25. The lowest BCUT2D eigenvalue weighted by molar-refractivity contribution is 0.0795. The fourth-order valence-corrected chi connectivity index (χ4v) is 4.01. The molecule has 5 heteroatoms. The van der Waals surface area contributed by atoms with Gasteiger partial charge in [-0.1, -0.05) is 113 Å². The number of benzene rings is 2. The van der Waals surface area contributed by atoms with Gasteiger partial charge in [-0.2, -0.15) is 0 Å². The molecule has 0 aromatic heterocycles. The minimum atomic E-state index is -1.00. The summed E-state index contributed by atoms with van der Waals surface area (Å²) in [4.78, 5) is 70.1. The third-order valence-electron chi connectivity index (χ3n) is 6.26. The average Bonchev–Trinajstić information content (AvgIpc) is 2.78. The Kier molecular flexibility index (Phi) is 8.29. The van der Waals surface area contributed by atoms with Crippen molar-refractivity contribution in [1.29, 1.82) is 0 Å². The standard InChI is InChI=1S/C33H42O5/c1-30(2,3)26(35)21-18-20(25(34)19-16-14-13-15-17-19)22(27(36)31(4,5)6)24(29(38)33(10,11)12)23(21)28(37)32(7,8)9/h13-18H,1-12H3. The van der Waals surface area contributed by atoms with Gasteiger partial charge in [0.2, 0.25) is 0 Å². The van der Waals surface area contributed by atoms with Crippen molar-refractivity contribution in [3.63, 3.8) is 0 Å². The molecule has 38 heavy (non-hydrogen) atoms. The van der Waals surface area contributed by atoms with E-state index in [0.717, 1.165) is 0 Å². The van der Waals surface area contributed by atoms with E-state index in [1.807, 2.05) is 0 Å². The van der Waals surface area contributed by atoms with Crippen LogP contribution < -0.4 is 0 Å². The lowest BCUT2D eigenvalue weighted by Gasteiger charge is -2.30. The van der Waals surface area contributed by atoms with E-state index in [1.54, 1.807) is 113 Å². The molecule has 5 nitrogen and oxygen atoms in total. The van der Waals surface area contributed by atoms with Crippen molar-refractivity contribution in [1.82, 2.24) is 0 Å². The Morgan fingerprint density at radius 1 is 0.447 bits per heavy atom. The van der Waals surface area contributed by atoms with Crippen molar-refractivity contribution < 1.29 is 24.0 Å². The van der Waals surface area contributed by atoms with Crippen molar-refractivity contribution in [2.45, 2.75) is 83.1 Å². The first-order valence-corrected chi connectivity index (χ1v) is 13.0. The van der Waals surface area contributed by atoms with E-state index in [1.165, 1.54) is 6.07 Å². The average molecular weight is 519 g/mol. The van der Waals surface area contributed by atoms with Crippen molar-refractivity contribution in [2.24, 2.45) is 21.7 Å². The molecule has 0 N–H and O–H groups in total. The molecule has 0 bridgehead atoms. The summed E-state index contributed by atoms with van der Waals surface area (Å²) >= 11 is 0. The van der Waals surface area contributed by atoms with Crippen LogP contribution in [0.25, 0.3) is 0 Å². The zero-order valence-electron chi connectivity index (χ0n) is 25.0. The topological polar surface area (TPSA) is 85.3 Å². The van der Waals surface area contributed by atoms with E-state index in [9.17, 15) is 24.0 Å². The van der Waals surface area contributed by atoms with Crippen LogP contribution in [-0.4, -0.2) is 28.9 Å². The predicted molar refractivity (Wildman–Crippen MR) is 151 cm³/mol. The number of Topliss-reactive ketones (excluding diaryl/α,β-unsaturated/α-hetero) is 4. The van der Waals surface area contributed by atoms with E-state index in [2.05, 4.69) is 0 Å². The molecule has 0 radical (unpaired) electrons. The maximum atomic E-state index is 14.2. The highest BCUT2D eigenvalue weighted by Gasteiger charge is 2.42. The van der Waals surface area contributed by atoms with Gasteiger partial charge in [-0.3, -0.25) is 24.0 Å². The molecule has 2 aromatic rings. The first-order valence-electron chi connectivity index (χ1n) is 13.0. The molecule has 0 aliphatic carbocycles. The molecule has 0 atom stereocenters. The smallest absolute Gasteiger partial charge is 0.193 e. The fraction of sp³-hybridized carbons (Fsp3) is 0.485. The second-order valence-electron chi connectivity index (χ2n) is 14.1. The highest BCUT2D eigenvalue weighted by atomic mass is 16.2. The van der Waals surface area contributed by atoms with Gasteiger partial charge >= 0.3 is 0 Å². The first kappa shape index (κ1) is 31.0. The molecule has 0 spiro atoms. The van der Waals surface area contributed by atoms with Crippen molar-refractivity contribution in [3.8, 4) is 0 Å². The third-order valence-corrected chi connectivity index (χ3v) is 6.26. The van der Waals surface area contributed by atoms with Gasteiger partial charge in [0.05, 0.1) is 0 Å². The molecule has 2 rings (SSSR count). The second kappa shape index (κ2) is 10.2. The molecule has 0 amide bonds. The number of hydrogen-bond acceptors (Lipinski definition) is 5. The Balaban J connectivity index is 3.36. The monoisotopic (exact) mass is 518 g/mol. The van der Waals surface area contributed by atoms with Gasteiger partial charge in [-0.15, -0.1) is 0 Å². The molecule has 0 aliphatic heterocycles. The highest BCUT2D eigenvalue weighted by Crippen LogP contribution is 2.39. The van der Waals surface area contributed by atoms with E-state index < -0.39 is 44.8 Å². The maximum absolute atomic E-state index is 14.2. The molecular formula is C33H42O5. The van der Waals surface area contributed by atoms with E-state index in [0.29, 0.717) is 5.56 Å². The second-order valence-corrected chi connectivity index (χ2v) is 14.1. The molecule has 0 saturated carbocycles. The Morgan fingerprint density at radius 2 is 0.789 bits per heavy atom. The van der Waals surface area contributed by atoms with Crippen LogP contribution in [0, 0.1) is 21.7 Å².